The van der Waals surface area contributed by atoms with E-state index in [0.717, 1.165) is 29.7 Å². The van der Waals surface area contributed by atoms with Gasteiger partial charge in [-0.3, -0.25) is 0 Å². The van der Waals surface area contributed by atoms with Gasteiger partial charge >= 0.3 is 0 Å². The van der Waals surface area contributed by atoms with Crippen LogP contribution in [0.4, 0.5) is 0 Å². The molecular formula is C20H30OSi. The van der Waals surface area contributed by atoms with Gasteiger partial charge in [-0.15, -0.1) is 0 Å². The van der Waals surface area contributed by atoms with Crippen molar-refractivity contribution in [1.29, 1.82) is 0 Å². The molecule has 0 fully saturated rings. The van der Waals surface area contributed by atoms with Gasteiger partial charge in [0, 0.05) is 17.5 Å². The second kappa shape index (κ2) is 8.24. The zero-order valence-electron chi connectivity index (χ0n) is 15.3. The summed E-state index contributed by atoms with van der Waals surface area (Å²) in [7, 11) is -1.65. The van der Waals surface area contributed by atoms with Gasteiger partial charge in [0.15, 0.2) is 0 Å². The van der Waals surface area contributed by atoms with E-state index in [1.54, 1.807) is 0 Å². The SMILES string of the molecule is CCCCC#Cc1cc(C)ccc1C(O[Si](C)(C)C)=C(C)C. The first-order valence-electron chi connectivity index (χ1n) is 8.21. The second-order valence-electron chi connectivity index (χ2n) is 7.00. The summed E-state index contributed by atoms with van der Waals surface area (Å²) in [5, 5.41) is 0. The molecule has 0 saturated carbocycles. The van der Waals surface area contributed by atoms with Crippen molar-refractivity contribution in [2.75, 3.05) is 0 Å². The number of rotatable bonds is 5. The minimum absolute atomic E-state index is 0.961. The van der Waals surface area contributed by atoms with Gasteiger partial charge in [-0.05, 0) is 70.1 Å². The number of allylic oxidation sites excluding steroid dienone is 1. The van der Waals surface area contributed by atoms with E-state index in [2.05, 4.69) is 77.4 Å². The summed E-state index contributed by atoms with van der Waals surface area (Å²) in [5.74, 6) is 7.68. The third-order valence-corrected chi connectivity index (χ3v) is 3.98. The van der Waals surface area contributed by atoms with Crippen LogP contribution in [0.3, 0.4) is 0 Å². The van der Waals surface area contributed by atoms with Crippen LogP contribution in [0, 0.1) is 18.8 Å². The molecule has 0 saturated heterocycles. The predicted octanol–water partition coefficient (Wildman–Crippen LogP) is 6.14. The summed E-state index contributed by atoms with van der Waals surface area (Å²) in [6.45, 7) is 15.2. The first kappa shape index (κ1) is 18.6. The van der Waals surface area contributed by atoms with Crippen molar-refractivity contribution in [3.05, 3.63) is 40.5 Å². The van der Waals surface area contributed by atoms with Crippen LogP contribution in [0.2, 0.25) is 19.6 Å². The maximum Gasteiger partial charge on any atom is 0.242 e. The highest BCUT2D eigenvalue weighted by molar-refractivity contribution is 6.70. The summed E-state index contributed by atoms with van der Waals surface area (Å²) >= 11 is 0. The smallest absolute Gasteiger partial charge is 0.242 e. The van der Waals surface area contributed by atoms with Gasteiger partial charge in [0.2, 0.25) is 8.32 Å². The maximum absolute atomic E-state index is 6.34. The molecule has 0 bridgehead atoms. The fourth-order valence-corrected chi connectivity index (χ4v) is 3.04. The summed E-state index contributed by atoms with van der Waals surface area (Å²) < 4.78 is 6.34. The summed E-state index contributed by atoms with van der Waals surface area (Å²) in [4.78, 5) is 0. The van der Waals surface area contributed by atoms with Gasteiger partial charge in [-0.1, -0.05) is 31.3 Å². The molecule has 1 rings (SSSR count). The summed E-state index contributed by atoms with van der Waals surface area (Å²) in [6, 6.07) is 6.47. The van der Waals surface area contributed by atoms with Gasteiger partial charge in [0.25, 0.3) is 0 Å². The molecule has 0 heterocycles. The van der Waals surface area contributed by atoms with Crippen LogP contribution >= 0.6 is 0 Å². The molecule has 0 aliphatic rings. The molecule has 120 valence electrons. The molecule has 0 aliphatic carbocycles. The zero-order valence-corrected chi connectivity index (χ0v) is 16.3. The van der Waals surface area contributed by atoms with Crippen LogP contribution < -0.4 is 0 Å². The Balaban J connectivity index is 3.26. The lowest BCUT2D eigenvalue weighted by Gasteiger charge is -2.24. The largest absolute Gasteiger partial charge is 0.544 e. The molecule has 2 heteroatoms. The maximum atomic E-state index is 6.34. The Morgan fingerprint density at radius 1 is 1.18 bits per heavy atom. The lowest BCUT2D eigenvalue weighted by molar-refractivity contribution is 0.509. The topological polar surface area (TPSA) is 9.23 Å². The van der Waals surface area contributed by atoms with Gasteiger partial charge in [0.1, 0.15) is 5.76 Å². The van der Waals surface area contributed by atoms with E-state index < -0.39 is 8.32 Å². The molecule has 1 aromatic carbocycles. The lowest BCUT2D eigenvalue weighted by Crippen LogP contribution is -2.25. The van der Waals surface area contributed by atoms with Crippen molar-refractivity contribution in [3.63, 3.8) is 0 Å². The summed E-state index contributed by atoms with van der Waals surface area (Å²) in [6.07, 6.45) is 3.31. The fourth-order valence-electron chi connectivity index (χ4n) is 2.11. The Hall–Kier alpha value is -1.46. The molecule has 0 aliphatic heterocycles. The Kier molecular flexibility index (Phi) is 6.96. The van der Waals surface area contributed by atoms with Crippen molar-refractivity contribution >= 4 is 14.1 Å². The standard InChI is InChI=1S/C20H30OSi/c1-8-9-10-11-12-18-15-17(4)13-14-19(18)20(16(2)3)21-22(5,6)7/h13-15H,8-10H2,1-7H3. The van der Waals surface area contributed by atoms with Crippen LogP contribution in [-0.4, -0.2) is 8.32 Å². The minimum Gasteiger partial charge on any atom is -0.544 e. The number of hydrogen-bond donors (Lipinski definition) is 0. The van der Waals surface area contributed by atoms with Crippen molar-refractivity contribution in [1.82, 2.24) is 0 Å². The molecule has 0 spiro atoms. The summed E-state index contributed by atoms with van der Waals surface area (Å²) in [5.41, 5.74) is 4.68. The van der Waals surface area contributed by atoms with Gasteiger partial charge in [-0.25, -0.2) is 0 Å². The van der Waals surface area contributed by atoms with Crippen LogP contribution in [-0.2, 0) is 4.43 Å². The van der Waals surface area contributed by atoms with Crippen molar-refractivity contribution in [3.8, 4) is 11.8 Å². The van der Waals surface area contributed by atoms with Crippen LogP contribution in [0.1, 0.15) is 56.7 Å². The molecule has 0 atom stereocenters. The molecular weight excluding hydrogens is 284 g/mol. The molecule has 0 N–H and O–H groups in total. The predicted molar refractivity (Wildman–Crippen MR) is 100 cm³/mol. The molecule has 0 unspecified atom stereocenters. The number of unbranched alkanes of at least 4 members (excludes halogenated alkanes) is 2. The zero-order chi connectivity index (χ0) is 16.8. The van der Waals surface area contributed by atoms with Crippen molar-refractivity contribution < 1.29 is 4.43 Å². The Morgan fingerprint density at radius 3 is 2.41 bits per heavy atom. The van der Waals surface area contributed by atoms with Gasteiger partial charge in [0.05, 0.1) is 0 Å². The van der Waals surface area contributed by atoms with Crippen LogP contribution in [0.5, 0.6) is 0 Å². The lowest BCUT2D eigenvalue weighted by atomic mass is 10.0. The average molecular weight is 315 g/mol. The highest BCUT2D eigenvalue weighted by Crippen LogP contribution is 2.27. The number of hydrogen-bond acceptors (Lipinski definition) is 1. The minimum atomic E-state index is -1.65. The third kappa shape index (κ3) is 6.11. The van der Waals surface area contributed by atoms with E-state index in [-0.39, 0.29) is 0 Å². The van der Waals surface area contributed by atoms with E-state index in [4.69, 9.17) is 4.43 Å². The molecule has 1 nitrogen and oxygen atoms in total. The molecule has 22 heavy (non-hydrogen) atoms. The number of aryl methyl sites for hydroxylation is 1. The number of benzene rings is 1. The fraction of sp³-hybridized carbons (Fsp3) is 0.500. The van der Waals surface area contributed by atoms with Crippen molar-refractivity contribution in [2.24, 2.45) is 0 Å². The van der Waals surface area contributed by atoms with E-state index >= 15 is 0 Å². The van der Waals surface area contributed by atoms with Gasteiger partial charge in [-0.2, -0.15) is 0 Å². The van der Waals surface area contributed by atoms with Crippen LogP contribution in [0.25, 0.3) is 5.76 Å². The molecule has 0 aromatic heterocycles. The molecule has 1 aromatic rings. The molecule has 0 radical (unpaired) electrons. The van der Waals surface area contributed by atoms with Gasteiger partial charge < -0.3 is 4.43 Å². The monoisotopic (exact) mass is 314 g/mol. The highest BCUT2D eigenvalue weighted by atomic mass is 28.4. The first-order valence-corrected chi connectivity index (χ1v) is 11.6. The van der Waals surface area contributed by atoms with E-state index in [1.165, 1.54) is 17.6 Å². The van der Waals surface area contributed by atoms with E-state index in [1.807, 2.05) is 0 Å². The highest BCUT2D eigenvalue weighted by Gasteiger charge is 2.20. The first-order chi connectivity index (χ1) is 10.2. The van der Waals surface area contributed by atoms with Crippen molar-refractivity contribution in [2.45, 2.75) is 66.6 Å². The Labute approximate surface area is 137 Å². The normalized spacial score (nSPS) is 10.7. The van der Waals surface area contributed by atoms with Crippen LogP contribution in [0.15, 0.2) is 23.8 Å². The average Bonchev–Trinajstić information content (AvgIpc) is 2.40. The third-order valence-electron chi connectivity index (χ3n) is 3.16. The van der Waals surface area contributed by atoms with E-state index in [9.17, 15) is 0 Å². The quantitative estimate of drug-likeness (QED) is 0.274. The Bertz CT molecular complexity index is 590. The molecule has 0 amide bonds. The Morgan fingerprint density at radius 2 is 1.86 bits per heavy atom. The van der Waals surface area contributed by atoms with E-state index in [0.29, 0.717) is 0 Å². The second-order valence-corrected chi connectivity index (χ2v) is 11.4.